The second-order valence-electron chi connectivity index (χ2n) is 2.92. The van der Waals surface area contributed by atoms with Gasteiger partial charge in [-0.25, -0.2) is 0 Å². The van der Waals surface area contributed by atoms with Crippen LogP contribution < -0.4 is 0 Å². The number of hydrogen-bond acceptors (Lipinski definition) is 2. The van der Waals surface area contributed by atoms with Crippen LogP contribution in [0, 0.1) is 0 Å². The molecule has 0 aromatic carbocycles. The van der Waals surface area contributed by atoms with Gasteiger partial charge in [-0.2, -0.15) is 0 Å². The molecule has 67 valence electrons. The van der Waals surface area contributed by atoms with Gasteiger partial charge in [0.05, 0.1) is 13.2 Å². The highest BCUT2D eigenvalue weighted by Crippen LogP contribution is 1.96. The van der Waals surface area contributed by atoms with Crippen LogP contribution in [0.25, 0.3) is 0 Å². The van der Waals surface area contributed by atoms with Crippen molar-refractivity contribution >= 4 is 8.80 Å². The van der Waals surface area contributed by atoms with E-state index in [2.05, 4.69) is 13.1 Å². The molecule has 0 heterocycles. The Balaban J connectivity index is 2.80. The predicted octanol–water partition coefficient (Wildman–Crippen LogP) is 1.79. The van der Waals surface area contributed by atoms with Crippen LogP contribution in [-0.4, -0.2) is 35.7 Å². The van der Waals surface area contributed by atoms with E-state index in [0.717, 1.165) is 19.8 Å². The Morgan fingerprint density at radius 2 is 1.82 bits per heavy atom. The molecular weight excluding hydrogens is 156 g/mol. The largest absolute Gasteiger partial charge is 0.382 e. The van der Waals surface area contributed by atoms with Crippen molar-refractivity contribution in [2.75, 3.05) is 26.9 Å². The monoisotopic (exact) mass is 175 g/mol. The number of methoxy groups -OCH3 is 1. The summed E-state index contributed by atoms with van der Waals surface area (Å²) >= 11 is 0. The molecule has 0 aromatic heterocycles. The average molecular weight is 175 g/mol. The third kappa shape index (κ3) is 10.1. The van der Waals surface area contributed by atoms with E-state index in [1.165, 1.54) is 12.5 Å². The molecule has 0 rings (SSSR count). The first kappa shape index (κ1) is 11.1. The van der Waals surface area contributed by atoms with Crippen LogP contribution in [0.3, 0.4) is 0 Å². The summed E-state index contributed by atoms with van der Waals surface area (Å²) in [5.74, 6) is 0. The molecule has 0 aliphatic rings. The minimum Gasteiger partial charge on any atom is -0.382 e. The van der Waals surface area contributed by atoms with Crippen LogP contribution in [0.4, 0.5) is 0 Å². The van der Waals surface area contributed by atoms with Gasteiger partial charge in [-0.1, -0.05) is 19.1 Å². The quantitative estimate of drug-likeness (QED) is 0.434. The SMILES string of the molecule is COCCOCCC[Si](C)C. The molecule has 3 heteroatoms. The Morgan fingerprint density at radius 3 is 2.36 bits per heavy atom. The molecule has 0 aliphatic heterocycles. The summed E-state index contributed by atoms with van der Waals surface area (Å²) in [5.41, 5.74) is 0. The van der Waals surface area contributed by atoms with Gasteiger partial charge in [0.1, 0.15) is 0 Å². The Labute approximate surface area is 71.5 Å². The van der Waals surface area contributed by atoms with E-state index in [0.29, 0.717) is 0 Å². The first-order chi connectivity index (χ1) is 5.27. The fourth-order valence-corrected chi connectivity index (χ4v) is 1.62. The molecule has 0 aromatic rings. The third-order valence-corrected chi connectivity index (χ3v) is 2.75. The smallest absolute Gasteiger partial charge is 0.0700 e. The Bertz CT molecular complexity index is 76.5. The number of ether oxygens (including phenoxy) is 2. The second kappa shape index (κ2) is 8.24. The normalized spacial score (nSPS) is 10.9. The average Bonchev–Trinajstić information content (AvgIpc) is 1.96. The molecule has 0 spiro atoms. The summed E-state index contributed by atoms with van der Waals surface area (Å²) in [6.07, 6.45) is 1.21. The minimum absolute atomic E-state index is 0.0384. The zero-order chi connectivity index (χ0) is 8.53. The first-order valence-corrected chi connectivity index (χ1v) is 6.83. The summed E-state index contributed by atoms with van der Waals surface area (Å²) in [4.78, 5) is 0. The summed E-state index contributed by atoms with van der Waals surface area (Å²) in [6, 6.07) is 1.36. The highest BCUT2D eigenvalue weighted by molar-refractivity contribution is 6.55. The molecule has 0 saturated heterocycles. The van der Waals surface area contributed by atoms with Gasteiger partial charge in [0.25, 0.3) is 0 Å². The predicted molar refractivity (Wildman–Crippen MR) is 49.6 cm³/mol. The van der Waals surface area contributed by atoms with Crippen molar-refractivity contribution in [1.29, 1.82) is 0 Å². The lowest BCUT2D eigenvalue weighted by molar-refractivity contribution is 0.0709. The minimum atomic E-state index is -0.0384. The van der Waals surface area contributed by atoms with Crippen molar-refractivity contribution in [2.24, 2.45) is 0 Å². The summed E-state index contributed by atoms with van der Waals surface area (Å²) in [6.45, 7) is 7.03. The van der Waals surface area contributed by atoms with E-state index in [1.807, 2.05) is 0 Å². The van der Waals surface area contributed by atoms with Gasteiger partial charge in [-0.05, 0) is 6.42 Å². The van der Waals surface area contributed by atoms with Crippen LogP contribution in [-0.2, 0) is 9.47 Å². The van der Waals surface area contributed by atoms with Gasteiger partial charge in [-0.3, -0.25) is 0 Å². The maximum atomic E-state index is 5.32. The molecule has 0 N–H and O–H groups in total. The molecule has 0 bridgehead atoms. The van der Waals surface area contributed by atoms with E-state index < -0.39 is 0 Å². The van der Waals surface area contributed by atoms with Crippen LogP contribution in [0.15, 0.2) is 0 Å². The second-order valence-corrected chi connectivity index (χ2v) is 5.83. The Morgan fingerprint density at radius 1 is 1.09 bits per heavy atom. The molecule has 2 nitrogen and oxygen atoms in total. The lowest BCUT2D eigenvalue weighted by Gasteiger charge is -2.04. The number of rotatable bonds is 7. The Hall–Kier alpha value is 0.137. The molecule has 0 amide bonds. The molecule has 0 fully saturated rings. The van der Waals surface area contributed by atoms with E-state index in [1.54, 1.807) is 7.11 Å². The topological polar surface area (TPSA) is 18.5 Å². The van der Waals surface area contributed by atoms with Crippen molar-refractivity contribution < 1.29 is 9.47 Å². The van der Waals surface area contributed by atoms with Gasteiger partial charge in [0, 0.05) is 22.5 Å². The van der Waals surface area contributed by atoms with E-state index in [4.69, 9.17) is 9.47 Å². The highest BCUT2D eigenvalue weighted by atomic mass is 28.3. The van der Waals surface area contributed by atoms with Gasteiger partial charge >= 0.3 is 0 Å². The standard InChI is InChI=1S/C8H19O2Si/c1-9-6-7-10-5-4-8-11(2)3/h4-8H2,1-3H3. The van der Waals surface area contributed by atoms with Gasteiger partial charge in [0.15, 0.2) is 0 Å². The summed E-state index contributed by atoms with van der Waals surface area (Å²) < 4.78 is 10.2. The fourth-order valence-electron chi connectivity index (χ4n) is 0.772. The van der Waals surface area contributed by atoms with Gasteiger partial charge in [-0.15, -0.1) is 0 Å². The third-order valence-electron chi connectivity index (χ3n) is 1.40. The van der Waals surface area contributed by atoms with E-state index in [9.17, 15) is 0 Å². The van der Waals surface area contributed by atoms with Gasteiger partial charge < -0.3 is 9.47 Å². The number of hydrogen-bond donors (Lipinski definition) is 0. The fraction of sp³-hybridized carbons (Fsp3) is 1.00. The van der Waals surface area contributed by atoms with E-state index >= 15 is 0 Å². The molecule has 0 aliphatic carbocycles. The molecule has 11 heavy (non-hydrogen) atoms. The maximum absolute atomic E-state index is 5.32. The molecule has 0 unspecified atom stereocenters. The molecule has 0 atom stereocenters. The van der Waals surface area contributed by atoms with Crippen molar-refractivity contribution in [2.45, 2.75) is 25.6 Å². The van der Waals surface area contributed by atoms with Crippen LogP contribution in [0.5, 0.6) is 0 Å². The summed E-state index contributed by atoms with van der Waals surface area (Å²) in [7, 11) is 1.66. The van der Waals surface area contributed by atoms with Crippen molar-refractivity contribution in [3.63, 3.8) is 0 Å². The van der Waals surface area contributed by atoms with Crippen LogP contribution >= 0.6 is 0 Å². The maximum Gasteiger partial charge on any atom is 0.0700 e. The lowest BCUT2D eigenvalue weighted by atomic mass is 10.5. The van der Waals surface area contributed by atoms with Crippen molar-refractivity contribution in [3.05, 3.63) is 0 Å². The zero-order valence-electron chi connectivity index (χ0n) is 7.85. The molecule has 0 saturated carbocycles. The molecular formula is C8H19O2Si. The molecule has 1 radical (unpaired) electrons. The Kier molecular flexibility index (Phi) is 8.34. The highest BCUT2D eigenvalue weighted by Gasteiger charge is 1.94. The van der Waals surface area contributed by atoms with Crippen molar-refractivity contribution in [1.82, 2.24) is 0 Å². The van der Waals surface area contributed by atoms with Crippen LogP contribution in [0.1, 0.15) is 6.42 Å². The zero-order valence-corrected chi connectivity index (χ0v) is 8.85. The summed E-state index contributed by atoms with van der Waals surface area (Å²) in [5, 5.41) is 0. The van der Waals surface area contributed by atoms with Gasteiger partial charge in [0.2, 0.25) is 0 Å². The van der Waals surface area contributed by atoms with Crippen LogP contribution in [0.2, 0.25) is 19.1 Å². The van der Waals surface area contributed by atoms with Crippen molar-refractivity contribution in [3.8, 4) is 0 Å². The van der Waals surface area contributed by atoms with E-state index in [-0.39, 0.29) is 8.80 Å². The lowest BCUT2D eigenvalue weighted by Crippen LogP contribution is -2.05. The first-order valence-electron chi connectivity index (χ1n) is 4.13.